The van der Waals surface area contributed by atoms with Gasteiger partial charge in [0.2, 0.25) is 0 Å². The quantitative estimate of drug-likeness (QED) is 0.128. The van der Waals surface area contributed by atoms with Crippen LogP contribution in [0.15, 0.2) is 94.9 Å². The summed E-state index contributed by atoms with van der Waals surface area (Å²) >= 11 is 2.63. The number of carboxylic acid groups (broad SMARTS) is 1. The number of hydrogen-bond donors (Lipinski definition) is 4. The van der Waals surface area contributed by atoms with Gasteiger partial charge in [-0.2, -0.15) is 0 Å². The number of furan rings is 2. The second kappa shape index (κ2) is 16.0. The summed E-state index contributed by atoms with van der Waals surface area (Å²) in [5.41, 5.74) is 4.86. The number of carbonyl (C=O) groups excluding carboxylic acids is 6. The number of hydrogen-bond acceptors (Lipinski definition) is 15. The van der Waals surface area contributed by atoms with Crippen molar-refractivity contribution in [1.29, 1.82) is 0 Å². The van der Waals surface area contributed by atoms with E-state index >= 15 is 0 Å². The van der Waals surface area contributed by atoms with Crippen molar-refractivity contribution in [2.45, 2.75) is 13.3 Å². The Hall–Kier alpha value is -6.70. The van der Waals surface area contributed by atoms with Gasteiger partial charge in [0.05, 0.1) is 14.7 Å². The molecule has 0 radical (unpaired) electrons. The zero-order valence-electron chi connectivity index (χ0n) is 28.4. The molecule has 6 aromatic rings. The van der Waals surface area contributed by atoms with Gasteiger partial charge in [-0.3, -0.25) is 49.5 Å². The van der Waals surface area contributed by atoms with Crippen molar-refractivity contribution in [1.82, 2.24) is 26.3 Å². The van der Waals surface area contributed by atoms with Crippen molar-refractivity contribution in [2.24, 2.45) is 0 Å². The van der Waals surface area contributed by atoms with Crippen LogP contribution in [0, 0.1) is 6.92 Å². The average molecular weight is 810 g/mol. The lowest BCUT2D eigenvalue weighted by Crippen LogP contribution is -2.17. The number of aromatic nitrogens is 2. The number of nitrogens with zero attached hydrogens (tertiary/aromatic N) is 2. The number of imide groups is 3. The normalized spacial score (nSPS) is 17.4. The minimum Gasteiger partial charge on any atom is -0.481 e. The number of nitrogens with one attached hydrogen (secondary N) is 3. The highest BCUT2D eigenvalue weighted by Gasteiger charge is 2.27. The molecule has 3 saturated heterocycles. The van der Waals surface area contributed by atoms with Crippen molar-refractivity contribution >= 4 is 126 Å². The lowest BCUT2D eigenvalue weighted by Gasteiger charge is -1.95. The van der Waals surface area contributed by atoms with Crippen molar-refractivity contribution in [2.75, 3.05) is 0 Å². The Kier molecular flexibility index (Phi) is 10.7. The molecular weight excluding hydrogens is 787 g/mol. The zero-order valence-corrected chi connectivity index (χ0v) is 30.9. The van der Waals surface area contributed by atoms with E-state index in [0.717, 1.165) is 68.5 Å². The number of amides is 6. The number of rotatable bonds is 5. The van der Waals surface area contributed by atoms with Gasteiger partial charge in [0.25, 0.3) is 33.4 Å². The fourth-order valence-corrected chi connectivity index (χ4v) is 7.35. The molecule has 3 aromatic heterocycles. The topological polar surface area (TPSA) is 241 Å². The lowest BCUT2D eigenvalue weighted by molar-refractivity contribution is -0.136. The maximum Gasteiger partial charge on any atom is 0.311 e. The van der Waals surface area contributed by atoms with E-state index in [-0.39, 0.29) is 28.7 Å². The van der Waals surface area contributed by atoms with Crippen LogP contribution in [0.4, 0.5) is 14.4 Å². The Morgan fingerprint density at radius 1 is 0.625 bits per heavy atom. The number of aryl methyl sites for hydroxylation is 1. The van der Waals surface area contributed by atoms with E-state index in [2.05, 4.69) is 30.9 Å². The van der Waals surface area contributed by atoms with Crippen LogP contribution in [-0.4, -0.2) is 54.8 Å². The number of carboxylic acids is 1. The van der Waals surface area contributed by atoms with E-state index in [1.807, 2.05) is 31.2 Å². The molecule has 0 bridgehead atoms. The molecule has 3 aliphatic heterocycles. The molecule has 3 aliphatic rings. The Bertz CT molecular complexity index is 2760. The molecule has 9 rings (SSSR count). The molecule has 3 aromatic carbocycles. The third kappa shape index (κ3) is 8.97. The van der Waals surface area contributed by atoms with Crippen LogP contribution < -0.4 is 16.0 Å². The second-order valence-corrected chi connectivity index (χ2v) is 14.8. The number of thioether (sulfide) groups is 3. The van der Waals surface area contributed by atoms with Gasteiger partial charge in [-0.1, -0.05) is 30.3 Å². The van der Waals surface area contributed by atoms with Crippen molar-refractivity contribution in [3.8, 4) is 0 Å². The van der Waals surface area contributed by atoms with Gasteiger partial charge >= 0.3 is 5.97 Å². The van der Waals surface area contributed by atoms with Crippen LogP contribution in [0.25, 0.3) is 51.2 Å². The van der Waals surface area contributed by atoms with E-state index in [1.54, 1.807) is 60.7 Å². The fraction of sp³-hybridized carbons (Fsp3) is 0.0541. The summed E-state index contributed by atoms with van der Waals surface area (Å²) in [6, 6.07) is 19.8. The first-order valence-corrected chi connectivity index (χ1v) is 18.5. The van der Waals surface area contributed by atoms with Gasteiger partial charge in [0, 0.05) is 10.8 Å². The van der Waals surface area contributed by atoms with Gasteiger partial charge in [0.1, 0.15) is 40.1 Å². The predicted molar refractivity (Wildman–Crippen MR) is 208 cm³/mol. The van der Waals surface area contributed by atoms with Crippen LogP contribution in [0.5, 0.6) is 0 Å². The van der Waals surface area contributed by atoms with Gasteiger partial charge in [-0.05, 0) is 124 Å². The minimum atomic E-state index is -0.964. The number of fused-ring (bicyclic) bond motifs is 3. The number of aliphatic carboxylic acids is 1. The van der Waals surface area contributed by atoms with E-state index in [4.69, 9.17) is 13.9 Å². The monoisotopic (exact) mass is 809 g/mol. The molecule has 0 spiro atoms. The summed E-state index contributed by atoms with van der Waals surface area (Å²) in [5, 5.41) is 23.4. The molecule has 0 aliphatic carbocycles. The van der Waals surface area contributed by atoms with E-state index in [9.17, 15) is 33.6 Å². The minimum absolute atomic E-state index is 0.183. The molecule has 0 unspecified atom stereocenters. The average Bonchev–Trinajstić information content (AvgIpc) is 3.99. The molecular formula is C37H23N5O11S3. The third-order valence-electron chi connectivity index (χ3n) is 7.69. The highest BCUT2D eigenvalue weighted by atomic mass is 32.2. The number of benzene rings is 3. The Morgan fingerprint density at radius 2 is 1.09 bits per heavy atom. The molecule has 0 atom stereocenters. The van der Waals surface area contributed by atoms with Crippen LogP contribution in [0.2, 0.25) is 0 Å². The summed E-state index contributed by atoms with van der Waals surface area (Å²) in [6.07, 6.45) is 4.71. The SMILES string of the molecule is Cc1cc2ccc(C=C3SC(=O)NC3=O)cc2o1.O=C(O)Cc1cc2ccc(C=C3SC(=O)NC3=O)cc2o1.O=C1NC(=O)C(=Cc2ccc3nonc3c2)S1. The molecule has 16 nitrogen and oxygen atoms in total. The smallest absolute Gasteiger partial charge is 0.311 e. The maximum atomic E-state index is 11.5. The van der Waals surface area contributed by atoms with Crippen LogP contribution in [-0.2, 0) is 25.6 Å². The molecule has 6 amide bonds. The summed E-state index contributed by atoms with van der Waals surface area (Å²) < 4.78 is 15.5. The largest absolute Gasteiger partial charge is 0.481 e. The summed E-state index contributed by atoms with van der Waals surface area (Å²) in [6.45, 7) is 1.89. The van der Waals surface area contributed by atoms with Crippen LogP contribution in [0.3, 0.4) is 0 Å². The maximum absolute atomic E-state index is 11.5. The lowest BCUT2D eigenvalue weighted by atomic mass is 10.1. The van der Waals surface area contributed by atoms with E-state index in [0.29, 0.717) is 42.7 Å². The Balaban J connectivity index is 0.000000129. The summed E-state index contributed by atoms with van der Waals surface area (Å²) in [4.78, 5) is 79.1. The predicted octanol–water partition coefficient (Wildman–Crippen LogP) is 7.00. The molecule has 280 valence electrons. The third-order valence-corrected chi connectivity index (χ3v) is 10.1. The van der Waals surface area contributed by atoms with Gasteiger partial charge in [-0.25, -0.2) is 4.63 Å². The Morgan fingerprint density at radius 3 is 1.59 bits per heavy atom. The van der Waals surface area contributed by atoms with Crippen molar-refractivity contribution < 1.29 is 52.1 Å². The number of carbonyl (C=O) groups is 7. The standard InChI is InChI=1S/C14H9NO5S.C13H9NO3S.C10H5N3O3S/c16-12(17)6-9-5-8-2-1-7(3-10(8)20-9)4-11-13(18)15-14(19)21-11;1-7-4-9-3-2-8(5-10(9)17-7)6-11-12(15)14-13(16)18-11;14-9-8(17-10(15)11-9)4-5-1-2-6-7(3-5)13-16-12-6/h1-5H,6H2,(H,16,17)(H,15,18,19);2-6H,1H3,(H,14,15,16);1-4H,(H,11,14,15). The van der Waals surface area contributed by atoms with Crippen LogP contribution in [0.1, 0.15) is 28.2 Å². The van der Waals surface area contributed by atoms with E-state index in [1.165, 1.54) is 0 Å². The molecule has 4 N–H and O–H groups in total. The van der Waals surface area contributed by atoms with Gasteiger partial charge in [-0.15, -0.1) is 0 Å². The summed E-state index contributed by atoms with van der Waals surface area (Å²) in [7, 11) is 0. The van der Waals surface area contributed by atoms with Crippen molar-refractivity contribution in [3.05, 3.63) is 110 Å². The van der Waals surface area contributed by atoms with Crippen molar-refractivity contribution in [3.63, 3.8) is 0 Å². The molecule has 3 fully saturated rings. The van der Waals surface area contributed by atoms with Crippen LogP contribution >= 0.6 is 35.3 Å². The van der Waals surface area contributed by atoms with Gasteiger partial charge < -0.3 is 13.9 Å². The molecule has 6 heterocycles. The fourth-order valence-electron chi connectivity index (χ4n) is 5.31. The van der Waals surface area contributed by atoms with Gasteiger partial charge in [0.15, 0.2) is 0 Å². The highest BCUT2D eigenvalue weighted by Crippen LogP contribution is 2.30. The molecule has 0 saturated carbocycles. The first kappa shape index (κ1) is 37.6. The molecule has 19 heteroatoms. The zero-order chi connectivity index (χ0) is 39.5. The molecule has 56 heavy (non-hydrogen) atoms. The van der Waals surface area contributed by atoms with E-state index < -0.39 is 17.1 Å². The first-order chi connectivity index (χ1) is 26.8. The first-order valence-electron chi connectivity index (χ1n) is 16.1. The second-order valence-electron chi connectivity index (χ2n) is 11.8. The Labute approximate surface area is 326 Å². The summed E-state index contributed by atoms with van der Waals surface area (Å²) in [5.74, 6) is -0.896. The highest BCUT2D eigenvalue weighted by molar-refractivity contribution is 8.19.